The minimum atomic E-state index is -0.647. The molecule has 0 spiro atoms. The first-order valence-electron chi connectivity index (χ1n) is 10.0. The van der Waals surface area contributed by atoms with Crippen LogP contribution in [0.1, 0.15) is 43.5 Å². The number of hydrogen-bond acceptors (Lipinski definition) is 5. The van der Waals surface area contributed by atoms with Gasteiger partial charge in [0.05, 0.1) is 12.2 Å². The number of benzene rings is 1. The maximum atomic E-state index is 12.1. The molecule has 0 bridgehead atoms. The molecule has 152 valence electrons. The Hall–Kier alpha value is -2.22. The fourth-order valence-electron chi connectivity index (χ4n) is 3.53. The van der Waals surface area contributed by atoms with Crippen LogP contribution in [0.2, 0.25) is 0 Å². The molecule has 2 heterocycles. The lowest BCUT2D eigenvalue weighted by molar-refractivity contribution is -0.0192. The Bertz CT molecular complexity index is 862. The van der Waals surface area contributed by atoms with E-state index in [0.29, 0.717) is 24.9 Å². The number of H-pyrrole nitrogens is 1. The van der Waals surface area contributed by atoms with E-state index >= 15 is 0 Å². The third kappa shape index (κ3) is 5.19. The lowest BCUT2D eigenvalue weighted by atomic mass is 10.1. The largest absolute Gasteiger partial charge is 0.390 e. The van der Waals surface area contributed by atoms with E-state index in [1.54, 1.807) is 0 Å². The highest BCUT2D eigenvalue weighted by atomic mass is 16.5. The van der Waals surface area contributed by atoms with Gasteiger partial charge in [-0.15, -0.1) is 0 Å². The first-order chi connectivity index (χ1) is 13.6. The predicted molar refractivity (Wildman–Crippen MR) is 107 cm³/mol. The van der Waals surface area contributed by atoms with Crippen LogP contribution in [0.4, 0.5) is 0 Å². The van der Waals surface area contributed by atoms with Crippen molar-refractivity contribution in [3.63, 3.8) is 0 Å². The van der Waals surface area contributed by atoms with Crippen molar-refractivity contribution < 1.29 is 9.84 Å². The lowest BCUT2D eigenvalue weighted by Gasteiger charge is -2.17. The van der Waals surface area contributed by atoms with Crippen LogP contribution in [0.25, 0.3) is 0 Å². The van der Waals surface area contributed by atoms with Crippen molar-refractivity contribution >= 4 is 0 Å². The molecule has 0 amide bonds. The first-order valence-corrected chi connectivity index (χ1v) is 10.0. The molecule has 1 aliphatic heterocycles. The average Bonchev–Trinajstić information content (AvgIpc) is 3.06. The van der Waals surface area contributed by atoms with E-state index < -0.39 is 18.0 Å². The van der Waals surface area contributed by atoms with Gasteiger partial charge in [0.25, 0.3) is 5.56 Å². The third-order valence-electron chi connectivity index (χ3n) is 5.19. The van der Waals surface area contributed by atoms with Crippen molar-refractivity contribution in [2.45, 2.75) is 57.5 Å². The quantitative estimate of drug-likeness (QED) is 0.565. The van der Waals surface area contributed by atoms with E-state index in [-0.39, 0.29) is 11.7 Å². The number of rotatable bonds is 9. The zero-order chi connectivity index (χ0) is 19.9. The summed E-state index contributed by atoms with van der Waals surface area (Å²) >= 11 is 0. The SMILES string of the molecule is CCc1cn([C@H]2C[C@H](O)[C@@H](CNCCCCc3ccccc3)O2)c(=O)[nH]c1=O. The van der Waals surface area contributed by atoms with Crippen LogP contribution >= 0.6 is 0 Å². The van der Waals surface area contributed by atoms with Crippen LogP contribution in [0.3, 0.4) is 0 Å². The van der Waals surface area contributed by atoms with Gasteiger partial charge < -0.3 is 15.2 Å². The molecule has 0 unspecified atom stereocenters. The molecule has 28 heavy (non-hydrogen) atoms. The average molecular weight is 387 g/mol. The van der Waals surface area contributed by atoms with Gasteiger partial charge in [0, 0.05) is 24.7 Å². The molecule has 7 nitrogen and oxygen atoms in total. The van der Waals surface area contributed by atoms with Crippen molar-refractivity contribution in [1.82, 2.24) is 14.9 Å². The van der Waals surface area contributed by atoms with E-state index in [1.807, 2.05) is 13.0 Å². The second-order valence-electron chi connectivity index (χ2n) is 7.25. The molecule has 7 heteroatoms. The van der Waals surface area contributed by atoms with Crippen LogP contribution in [-0.2, 0) is 17.6 Å². The summed E-state index contributed by atoms with van der Waals surface area (Å²) in [5.41, 5.74) is 1.00. The molecular formula is C21H29N3O4. The molecule has 3 N–H and O–H groups in total. The van der Waals surface area contributed by atoms with Crippen LogP contribution in [0.15, 0.2) is 46.1 Å². The summed E-state index contributed by atoms with van der Waals surface area (Å²) in [6, 6.07) is 10.4. The van der Waals surface area contributed by atoms with Crippen LogP contribution in [0, 0.1) is 0 Å². The summed E-state index contributed by atoms with van der Waals surface area (Å²) in [6.07, 6.45) is 4.01. The number of aromatic nitrogens is 2. The fraction of sp³-hybridized carbons (Fsp3) is 0.524. The fourth-order valence-corrected chi connectivity index (χ4v) is 3.53. The van der Waals surface area contributed by atoms with E-state index in [2.05, 4.69) is 34.6 Å². The number of nitrogens with zero attached hydrogens (tertiary/aromatic N) is 1. The van der Waals surface area contributed by atoms with Crippen molar-refractivity contribution in [2.75, 3.05) is 13.1 Å². The summed E-state index contributed by atoms with van der Waals surface area (Å²) < 4.78 is 7.26. The summed E-state index contributed by atoms with van der Waals surface area (Å²) in [6.45, 7) is 3.23. The summed E-state index contributed by atoms with van der Waals surface area (Å²) in [4.78, 5) is 26.1. The van der Waals surface area contributed by atoms with Crippen molar-refractivity contribution in [3.05, 3.63) is 68.5 Å². The first kappa shape index (κ1) is 20.5. The Morgan fingerprint density at radius 2 is 2.04 bits per heavy atom. The summed E-state index contributed by atoms with van der Waals surface area (Å²) in [5, 5.41) is 13.6. The van der Waals surface area contributed by atoms with Gasteiger partial charge in [-0.3, -0.25) is 14.3 Å². The number of aliphatic hydroxyl groups excluding tert-OH is 1. The van der Waals surface area contributed by atoms with Gasteiger partial charge in [0.2, 0.25) is 0 Å². The number of hydrogen-bond donors (Lipinski definition) is 3. The number of ether oxygens (including phenoxy) is 1. The number of aromatic amines is 1. The summed E-state index contributed by atoms with van der Waals surface area (Å²) in [5.74, 6) is 0. The Kier molecular flexibility index (Phi) is 7.19. The minimum Gasteiger partial charge on any atom is -0.390 e. The monoisotopic (exact) mass is 387 g/mol. The summed E-state index contributed by atoms with van der Waals surface area (Å²) in [7, 11) is 0. The standard InChI is InChI=1S/C21H29N3O4/c1-2-16-14-24(21(27)23-20(16)26)19-12-17(25)18(28-19)13-22-11-7-6-10-15-8-4-3-5-9-15/h3-5,8-9,14,17-19,22,25H,2,6-7,10-13H2,1H3,(H,23,26,27)/t17-,18+,19+/m0/s1. The molecule has 1 saturated heterocycles. The van der Waals surface area contributed by atoms with E-state index in [9.17, 15) is 14.7 Å². The molecule has 1 aliphatic rings. The van der Waals surface area contributed by atoms with Gasteiger partial charge >= 0.3 is 5.69 Å². The second-order valence-corrected chi connectivity index (χ2v) is 7.25. The number of nitrogens with one attached hydrogen (secondary N) is 2. The van der Waals surface area contributed by atoms with E-state index in [0.717, 1.165) is 25.8 Å². The highest BCUT2D eigenvalue weighted by Crippen LogP contribution is 2.27. The third-order valence-corrected chi connectivity index (χ3v) is 5.19. The minimum absolute atomic E-state index is 0.329. The van der Waals surface area contributed by atoms with Crippen molar-refractivity contribution in [2.24, 2.45) is 0 Å². The maximum Gasteiger partial charge on any atom is 0.330 e. The number of aryl methyl sites for hydroxylation is 2. The smallest absolute Gasteiger partial charge is 0.330 e. The van der Waals surface area contributed by atoms with Gasteiger partial charge in [-0.25, -0.2) is 4.79 Å². The molecule has 1 aromatic heterocycles. The number of aliphatic hydroxyl groups is 1. The van der Waals surface area contributed by atoms with Crippen molar-refractivity contribution in [3.8, 4) is 0 Å². The normalized spacial score (nSPS) is 21.9. The molecule has 3 atom stereocenters. The van der Waals surface area contributed by atoms with Crippen LogP contribution in [-0.4, -0.2) is 40.0 Å². The zero-order valence-electron chi connectivity index (χ0n) is 16.3. The highest BCUT2D eigenvalue weighted by molar-refractivity contribution is 5.14. The molecule has 0 radical (unpaired) electrons. The van der Waals surface area contributed by atoms with Crippen LogP contribution < -0.4 is 16.6 Å². The van der Waals surface area contributed by atoms with Gasteiger partial charge in [-0.2, -0.15) is 0 Å². The highest BCUT2D eigenvalue weighted by Gasteiger charge is 2.35. The van der Waals surface area contributed by atoms with Gasteiger partial charge in [-0.1, -0.05) is 37.3 Å². The molecule has 1 aromatic carbocycles. The molecule has 0 aliphatic carbocycles. The van der Waals surface area contributed by atoms with Crippen molar-refractivity contribution in [1.29, 1.82) is 0 Å². The molecule has 1 fully saturated rings. The lowest BCUT2D eigenvalue weighted by Crippen LogP contribution is -2.35. The predicted octanol–water partition coefficient (Wildman–Crippen LogP) is 1.36. The topological polar surface area (TPSA) is 96.3 Å². The Morgan fingerprint density at radius 1 is 1.25 bits per heavy atom. The molecular weight excluding hydrogens is 358 g/mol. The second kappa shape index (κ2) is 9.82. The Balaban J connectivity index is 1.44. The van der Waals surface area contributed by atoms with E-state index in [4.69, 9.17) is 4.74 Å². The maximum absolute atomic E-state index is 12.1. The molecule has 0 saturated carbocycles. The van der Waals surface area contributed by atoms with Gasteiger partial charge in [0.1, 0.15) is 6.23 Å². The van der Waals surface area contributed by atoms with Gasteiger partial charge in [0.15, 0.2) is 0 Å². The van der Waals surface area contributed by atoms with Crippen LogP contribution in [0.5, 0.6) is 0 Å². The van der Waals surface area contributed by atoms with E-state index in [1.165, 1.54) is 16.3 Å². The van der Waals surface area contributed by atoms with Gasteiger partial charge in [-0.05, 0) is 37.8 Å². The molecule has 3 rings (SSSR count). The molecule has 2 aromatic rings. The Labute approximate surface area is 164 Å². The zero-order valence-corrected chi connectivity index (χ0v) is 16.3. The number of unbranched alkanes of at least 4 members (excludes halogenated alkanes) is 1. The Morgan fingerprint density at radius 3 is 2.79 bits per heavy atom.